The fourth-order valence-electron chi connectivity index (χ4n) is 2.50. The zero-order chi connectivity index (χ0) is 21.1. The lowest BCUT2D eigenvalue weighted by Crippen LogP contribution is -2.30. The molecule has 0 saturated heterocycles. The monoisotopic (exact) mass is 457 g/mol. The highest BCUT2D eigenvalue weighted by molar-refractivity contribution is 7.16. The molecule has 3 aromatic rings. The van der Waals surface area contributed by atoms with Crippen LogP contribution in [0.25, 0.3) is 0 Å². The molecule has 6 nitrogen and oxygen atoms in total. The number of carboxylic acid groups (broad SMARTS) is 1. The highest BCUT2D eigenvalue weighted by atomic mass is 35.5. The van der Waals surface area contributed by atoms with Crippen LogP contribution in [0.1, 0.15) is 31.3 Å². The molecule has 3 rings (SSSR count). The summed E-state index contributed by atoms with van der Waals surface area (Å²) in [7, 11) is 0. The van der Waals surface area contributed by atoms with Gasteiger partial charge >= 0.3 is 5.97 Å². The topological polar surface area (TPSA) is 83.4 Å². The van der Waals surface area contributed by atoms with Gasteiger partial charge in [-0.3, -0.25) is 4.79 Å². The molecule has 0 aliphatic rings. The summed E-state index contributed by atoms with van der Waals surface area (Å²) in [6.45, 7) is -0.0451. The van der Waals surface area contributed by atoms with Gasteiger partial charge in [0.1, 0.15) is 22.5 Å². The van der Waals surface area contributed by atoms with Gasteiger partial charge < -0.3 is 10.0 Å². The molecule has 1 N–H and O–H groups in total. The van der Waals surface area contributed by atoms with Gasteiger partial charge in [-0.25, -0.2) is 23.5 Å². The SMILES string of the molecule is O=C(O)c1ccc(CN(Cc2sc(Cl)nc2Cl)C(=O)c2cc(F)cc(F)c2)cn1. The molecule has 0 saturated carbocycles. The van der Waals surface area contributed by atoms with E-state index in [4.69, 9.17) is 28.3 Å². The van der Waals surface area contributed by atoms with Crippen LogP contribution in [0.3, 0.4) is 0 Å². The summed E-state index contributed by atoms with van der Waals surface area (Å²) in [5, 5.41) is 9.06. The number of pyridine rings is 1. The molecule has 0 bridgehead atoms. The molecule has 150 valence electrons. The summed E-state index contributed by atoms with van der Waals surface area (Å²) in [4.78, 5) is 33.3. The van der Waals surface area contributed by atoms with E-state index in [1.807, 2.05) is 0 Å². The van der Waals surface area contributed by atoms with E-state index in [1.54, 1.807) is 0 Å². The number of aromatic nitrogens is 2. The Labute approximate surface area is 177 Å². The van der Waals surface area contributed by atoms with Gasteiger partial charge in [0.25, 0.3) is 5.91 Å². The van der Waals surface area contributed by atoms with E-state index in [1.165, 1.54) is 23.2 Å². The first-order valence-electron chi connectivity index (χ1n) is 7.97. The number of carboxylic acids is 1. The van der Waals surface area contributed by atoms with Crippen LogP contribution in [0, 0.1) is 11.6 Å². The van der Waals surface area contributed by atoms with Gasteiger partial charge in [-0.05, 0) is 23.8 Å². The Morgan fingerprint density at radius 3 is 2.31 bits per heavy atom. The van der Waals surface area contributed by atoms with Crippen molar-refractivity contribution >= 4 is 46.4 Å². The lowest BCUT2D eigenvalue weighted by molar-refractivity contribution is 0.0687. The molecule has 0 aliphatic carbocycles. The minimum atomic E-state index is -1.19. The lowest BCUT2D eigenvalue weighted by atomic mass is 10.1. The molecule has 0 unspecified atom stereocenters. The molecule has 0 aliphatic heterocycles. The molecule has 2 heterocycles. The van der Waals surface area contributed by atoms with Crippen LogP contribution in [0.4, 0.5) is 8.78 Å². The number of amides is 1. The number of hydrogen-bond donors (Lipinski definition) is 1. The predicted octanol–water partition coefficient (Wildman–Crippen LogP) is 4.66. The molecular formula is C18H11Cl2F2N3O3S. The molecule has 1 amide bonds. The van der Waals surface area contributed by atoms with Crippen molar-refractivity contribution in [2.45, 2.75) is 13.1 Å². The summed E-state index contributed by atoms with van der Waals surface area (Å²) < 4.78 is 27.3. The number of carbonyl (C=O) groups is 2. The Morgan fingerprint density at radius 2 is 1.79 bits per heavy atom. The van der Waals surface area contributed by atoms with Crippen molar-refractivity contribution in [2.75, 3.05) is 0 Å². The second-order valence-corrected chi connectivity index (χ2v) is 7.88. The van der Waals surface area contributed by atoms with Gasteiger partial charge in [0, 0.05) is 24.4 Å². The zero-order valence-corrected chi connectivity index (χ0v) is 16.7. The maximum atomic E-state index is 13.6. The van der Waals surface area contributed by atoms with Crippen LogP contribution < -0.4 is 0 Å². The number of nitrogens with zero attached hydrogens (tertiary/aromatic N) is 3. The van der Waals surface area contributed by atoms with Crippen LogP contribution in [0.5, 0.6) is 0 Å². The van der Waals surface area contributed by atoms with Crippen molar-refractivity contribution < 1.29 is 23.5 Å². The second kappa shape index (κ2) is 8.81. The molecular weight excluding hydrogens is 447 g/mol. The number of benzene rings is 1. The Kier molecular flexibility index (Phi) is 6.41. The largest absolute Gasteiger partial charge is 0.477 e. The van der Waals surface area contributed by atoms with Gasteiger partial charge in [0.2, 0.25) is 0 Å². The average Bonchev–Trinajstić information content (AvgIpc) is 2.97. The third kappa shape index (κ3) is 5.26. The van der Waals surface area contributed by atoms with E-state index in [0.29, 0.717) is 16.5 Å². The number of hydrogen-bond acceptors (Lipinski definition) is 5. The number of halogens is 4. The van der Waals surface area contributed by atoms with Gasteiger partial charge in [-0.15, -0.1) is 11.3 Å². The van der Waals surface area contributed by atoms with Crippen molar-refractivity contribution in [3.8, 4) is 0 Å². The van der Waals surface area contributed by atoms with Crippen molar-refractivity contribution in [2.24, 2.45) is 0 Å². The zero-order valence-electron chi connectivity index (χ0n) is 14.4. The first kappa shape index (κ1) is 21.1. The van der Waals surface area contributed by atoms with Crippen LogP contribution in [0.2, 0.25) is 9.62 Å². The highest BCUT2D eigenvalue weighted by Crippen LogP contribution is 2.29. The summed E-state index contributed by atoms with van der Waals surface area (Å²) >= 11 is 12.9. The summed E-state index contributed by atoms with van der Waals surface area (Å²) in [5.74, 6) is -3.63. The van der Waals surface area contributed by atoms with E-state index in [9.17, 15) is 18.4 Å². The number of rotatable bonds is 6. The van der Waals surface area contributed by atoms with E-state index < -0.39 is 23.5 Å². The van der Waals surface area contributed by atoms with Crippen LogP contribution >= 0.6 is 34.5 Å². The van der Waals surface area contributed by atoms with Gasteiger partial charge in [-0.2, -0.15) is 0 Å². The Morgan fingerprint density at radius 1 is 1.10 bits per heavy atom. The third-order valence-corrected chi connectivity index (χ3v) is 5.34. The van der Waals surface area contributed by atoms with Crippen molar-refractivity contribution in [1.82, 2.24) is 14.9 Å². The van der Waals surface area contributed by atoms with E-state index in [2.05, 4.69) is 9.97 Å². The van der Waals surface area contributed by atoms with Gasteiger partial charge in [-0.1, -0.05) is 29.3 Å². The number of aromatic carboxylic acids is 1. The van der Waals surface area contributed by atoms with Gasteiger partial charge in [0.15, 0.2) is 4.47 Å². The fraction of sp³-hybridized carbons (Fsp3) is 0.111. The highest BCUT2D eigenvalue weighted by Gasteiger charge is 2.21. The minimum absolute atomic E-state index is 0.0181. The molecule has 0 fully saturated rings. The van der Waals surface area contributed by atoms with E-state index in [-0.39, 0.29) is 34.0 Å². The number of carbonyl (C=O) groups excluding carboxylic acids is 1. The van der Waals surface area contributed by atoms with E-state index >= 15 is 0 Å². The quantitative estimate of drug-likeness (QED) is 0.581. The predicted molar refractivity (Wildman–Crippen MR) is 103 cm³/mol. The average molecular weight is 458 g/mol. The Balaban J connectivity index is 1.93. The smallest absolute Gasteiger partial charge is 0.354 e. The summed E-state index contributed by atoms with van der Waals surface area (Å²) in [5.41, 5.74) is 0.160. The minimum Gasteiger partial charge on any atom is -0.477 e. The third-order valence-electron chi connectivity index (χ3n) is 3.77. The normalized spacial score (nSPS) is 10.8. The molecule has 0 atom stereocenters. The standard InChI is InChI=1S/C18H11Cl2F2N3O3S/c19-15-14(29-18(20)24-15)8-25(7-9-1-2-13(17(27)28)23-6-9)16(26)10-3-11(21)5-12(22)4-10/h1-6H,7-8H2,(H,27,28). The Hall–Kier alpha value is -2.62. The lowest BCUT2D eigenvalue weighted by Gasteiger charge is -2.22. The summed E-state index contributed by atoms with van der Waals surface area (Å²) in [6, 6.07) is 5.29. The first-order chi connectivity index (χ1) is 13.7. The molecule has 11 heteroatoms. The van der Waals surface area contributed by atoms with Gasteiger partial charge in [0.05, 0.1) is 11.4 Å². The number of thiazole rings is 1. The van der Waals surface area contributed by atoms with Crippen molar-refractivity contribution in [1.29, 1.82) is 0 Å². The molecule has 2 aromatic heterocycles. The maximum absolute atomic E-state index is 13.6. The van der Waals surface area contributed by atoms with E-state index in [0.717, 1.165) is 23.5 Å². The first-order valence-corrected chi connectivity index (χ1v) is 9.54. The van der Waals surface area contributed by atoms with Crippen molar-refractivity contribution in [3.63, 3.8) is 0 Å². The van der Waals surface area contributed by atoms with Crippen LogP contribution in [-0.2, 0) is 13.1 Å². The van der Waals surface area contributed by atoms with Crippen LogP contribution in [0.15, 0.2) is 36.5 Å². The molecule has 29 heavy (non-hydrogen) atoms. The van der Waals surface area contributed by atoms with Crippen molar-refractivity contribution in [3.05, 3.63) is 79.5 Å². The summed E-state index contributed by atoms with van der Waals surface area (Å²) in [6.07, 6.45) is 1.30. The fourth-order valence-corrected chi connectivity index (χ4v) is 3.91. The second-order valence-electron chi connectivity index (χ2n) is 5.86. The molecule has 1 aromatic carbocycles. The molecule has 0 spiro atoms. The maximum Gasteiger partial charge on any atom is 0.354 e. The molecule has 0 radical (unpaired) electrons. The van der Waals surface area contributed by atoms with Crippen LogP contribution in [-0.4, -0.2) is 31.9 Å². The Bertz CT molecular complexity index is 1060.